The quantitative estimate of drug-likeness (QED) is 0.839. The summed E-state index contributed by atoms with van der Waals surface area (Å²) >= 11 is 1.49. The van der Waals surface area contributed by atoms with Gasteiger partial charge in [0.05, 0.1) is 11.4 Å². The molecule has 0 radical (unpaired) electrons. The minimum atomic E-state index is -0.106. The van der Waals surface area contributed by atoms with Crippen LogP contribution in [0.4, 0.5) is 5.69 Å². The van der Waals surface area contributed by atoms with E-state index >= 15 is 0 Å². The topological polar surface area (TPSA) is 61.4 Å². The smallest absolute Gasteiger partial charge is 0.251 e. The predicted octanol–water partition coefficient (Wildman–Crippen LogP) is 2.58. The summed E-state index contributed by atoms with van der Waals surface area (Å²) < 4.78 is 0. The minimum Gasteiger partial charge on any atom is -0.351 e. The van der Waals surface area contributed by atoms with Gasteiger partial charge in [-0.2, -0.15) is 0 Å². The van der Waals surface area contributed by atoms with Crippen molar-refractivity contribution >= 4 is 29.3 Å². The number of hydrogen-bond acceptors (Lipinski definition) is 4. The normalized spacial score (nSPS) is 14.1. The molecule has 0 aliphatic carbocycles. The van der Waals surface area contributed by atoms with Crippen LogP contribution in [0, 0.1) is 0 Å². The van der Waals surface area contributed by atoms with Gasteiger partial charge in [-0.3, -0.25) is 14.5 Å². The zero-order valence-corrected chi connectivity index (χ0v) is 15.0. The molecule has 23 heavy (non-hydrogen) atoms. The Hall–Kier alpha value is -1.53. The fourth-order valence-electron chi connectivity index (χ4n) is 2.74. The van der Waals surface area contributed by atoms with E-state index in [1.165, 1.54) is 11.8 Å². The first-order chi connectivity index (χ1) is 10.9. The first-order valence-electron chi connectivity index (χ1n) is 7.99. The van der Waals surface area contributed by atoms with Crippen molar-refractivity contribution in [3.8, 4) is 0 Å². The predicted molar refractivity (Wildman–Crippen MR) is 95.1 cm³/mol. The number of carbonyl (C=O) groups excluding carboxylic acids is 2. The van der Waals surface area contributed by atoms with E-state index in [0.717, 1.165) is 17.1 Å². The second-order valence-electron chi connectivity index (χ2n) is 6.23. The molecule has 2 amide bonds. The molecule has 6 heteroatoms. The highest BCUT2D eigenvalue weighted by Crippen LogP contribution is 2.31. The monoisotopic (exact) mass is 335 g/mol. The van der Waals surface area contributed by atoms with Crippen molar-refractivity contribution in [3.05, 3.63) is 23.8 Å². The van der Waals surface area contributed by atoms with Crippen molar-refractivity contribution in [2.45, 2.75) is 44.7 Å². The third kappa shape index (κ3) is 4.72. The zero-order valence-electron chi connectivity index (χ0n) is 14.2. The van der Waals surface area contributed by atoms with Crippen LogP contribution in [0.15, 0.2) is 23.1 Å². The van der Waals surface area contributed by atoms with Gasteiger partial charge in [-0.25, -0.2) is 0 Å². The van der Waals surface area contributed by atoms with Gasteiger partial charge in [0.25, 0.3) is 5.91 Å². The average Bonchev–Trinajstić information content (AvgIpc) is 2.49. The number of nitrogens with zero attached hydrogens (tertiary/aromatic N) is 1. The molecule has 0 atom stereocenters. The van der Waals surface area contributed by atoms with Crippen LogP contribution in [0.2, 0.25) is 0 Å². The summed E-state index contributed by atoms with van der Waals surface area (Å²) in [5.41, 5.74) is 1.30. The molecule has 126 valence electrons. The van der Waals surface area contributed by atoms with Crippen LogP contribution >= 0.6 is 11.8 Å². The summed E-state index contributed by atoms with van der Waals surface area (Å²) in [5, 5.41) is 5.77. The standard InChI is InChI=1S/C17H25N3O2S/c1-11(2)20(12(3)4)8-7-18-17(22)13-5-6-15-14(9-13)19-16(21)10-23-15/h5-6,9,11-12H,7-8,10H2,1-4H3,(H,18,22)(H,19,21). The van der Waals surface area contributed by atoms with Crippen molar-refractivity contribution in [3.63, 3.8) is 0 Å². The Bertz CT molecular complexity index is 579. The van der Waals surface area contributed by atoms with E-state index in [1.807, 2.05) is 6.07 Å². The molecule has 1 aliphatic heterocycles. The number of nitrogens with one attached hydrogen (secondary N) is 2. The van der Waals surface area contributed by atoms with E-state index in [-0.39, 0.29) is 11.8 Å². The molecular weight excluding hydrogens is 310 g/mol. The zero-order chi connectivity index (χ0) is 17.0. The molecule has 2 N–H and O–H groups in total. The first-order valence-corrected chi connectivity index (χ1v) is 8.97. The van der Waals surface area contributed by atoms with Crippen LogP contribution in [0.1, 0.15) is 38.1 Å². The Kier molecular flexibility index (Phi) is 6.07. The lowest BCUT2D eigenvalue weighted by molar-refractivity contribution is -0.113. The first kappa shape index (κ1) is 17.8. The number of anilines is 1. The van der Waals surface area contributed by atoms with Crippen molar-refractivity contribution in [1.82, 2.24) is 10.2 Å². The van der Waals surface area contributed by atoms with E-state index < -0.39 is 0 Å². The summed E-state index contributed by atoms with van der Waals surface area (Å²) in [6, 6.07) is 6.34. The van der Waals surface area contributed by atoms with Crippen molar-refractivity contribution in [1.29, 1.82) is 0 Å². The van der Waals surface area contributed by atoms with Crippen LogP contribution in [-0.2, 0) is 4.79 Å². The highest BCUT2D eigenvalue weighted by Gasteiger charge is 2.18. The maximum absolute atomic E-state index is 12.3. The number of benzene rings is 1. The van der Waals surface area contributed by atoms with Crippen LogP contribution in [-0.4, -0.2) is 47.6 Å². The SMILES string of the molecule is CC(C)N(CCNC(=O)c1ccc2c(c1)NC(=O)CS2)C(C)C. The van der Waals surface area contributed by atoms with Crippen molar-refractivity contribution in [2.24, 2.45) is 0 Å². The van der Waals surface area contributed by atoms with Crippen LogP contribution in [0.3, 0.4) is 0 Å². The van der Waals surface area contributed by atoms with Crippen molar-refractivity contribution in [2.75, 3.05) is 24.2 Å². The highest BCUT2D eigenvalue weighted by molar-refractivity contribution is 8.00. The van der Waals surface area contributed by atoms with Crippen LogP contribution in [0.5, 0.6) is 0 Å². The van der Waals surface area contributed by atoms with E-state index in [1.54, 1.807) is 12.1 Å². The lowest BCUT2D eigenvalue weighted by Gasteiger charge is -2.30. The Morgan fingerprint density at radius 3 is 2.65 bits per heavy atom. The molecule has 0 bridgehead atoms. The van der Waals surface area contributed by atoms with E-state index in [4.69, 9.17) is 0 Å². The van der Waals surface area contributed by atoms with Gasteiger partial charge in [-0.05, 0) is 45.9 Å². The summed E-state index contributed by atoms with van der Waals surface area (Å²) in [6.07, 6.45) is 0. The molecule has 0 aromatic heterocycles. The second kappa shape index (κ2) is 7.84. The average molecular weight is 335 g/mol. The summed E-state index contributed by atoms with van der Waals surface area (Å²) in [5.74, 6) is 0.299. The molecular formula is C17H25N3O2S. The van der Waals surface area contributed by atoms with Gasteiger partial charge < -0.3 is 10.6 Å². The maximum atomic E-state index is 12.3. The molecule has 1 aromatic rings. The molecule has 1 heterocycles. The number of amides is 2. The number of hydrogen-bond donors (Lipinski definition) is 2. The number of carbonyl (C=O) groups is 2. The lowest BCUT2D eigenvalue weighted by Crippen LogP contribution is -2.42. The van der Waals surface area contributed by atoms with E-state index in [9.17, 15) is 9.59 Å². The molecule has 1 aliphatic rings. The third-order valence-corrected chi connectivity index (χ3v) is 4.93. The van der Waals surface area contributed by atoms with Gasteiger partial charge in [0.15, 0.2) is 0 Å². The minimum absolute atomic E-state index is 0.0235. The maximum Gasteiger partial charge on any atom is 0.251 e. The number of rotatable bonds is 6. The Morgan fingerprint density at radius 1 is 1.30 bits per heavy atom. The molecule has 0 spiro atoms. The summed E-state index contributed by atoms with van der Waals surface area (Å²) in [4.78, 5) is 27.1. The number of thioether (sulfide) groups is 1. The van der Waals surface area contributed by atoms with Crippen LogP contribution in [0.25, 0.3) is 0 Å². The van der Waals surface area contributed by atoms with Gasteiger partial charge in [-0.1, -0.05) is 0 Å². The van der Waals surface area contributed by atoms with E-state index in [2.05, 4.69) is 43.2 Å². The third-order valence-electron chi connectivity index (χ3n) is 3.86. The Morgan fingerprint density at radius 2 is 2.00 bits per heavy atom. The van der Waals surface area contributed by atoms with Crippen molar-refractivity contribution < 1.29 is 9.59 Å². The fraction of sp³-hybridized carbons (Fsp3) is 0.529. The number of fused-ring (bicyclic) bond motifs is 1. The Labute approximate surface area is 142 Å². The second-order valence-corrected chi connectivity index (χ2v) is 7.25. The van der Waals surface area contributed by atoms with Gasteiger partial charge in [0.1, 0.15) is 0 Å². The molecule has 0 saturated carbocycles. The van der Waals surface area contributed by atoms with Gasteiger partial charge >= 0.3 is 0 Å². The molecule has 0 unspecified atom stereocenters. The Balaban J connectivity index is 1.93. The molecule has 0 fully saturated rings. The molecule has 1 aromatic carbocycles. The van der Waals surface area contributed by atoms with Gasteiger partial charge in [-0.15, -0.1) is 11.8 Å². The van der Waals surface area contributed by atoms with Crippen LogP contribution < -0.4 is 10.6 Å². The largest absolute Gasteiger partial charge is 0.351 e. The molecule has 2 rings (SSSR count). The lowest BCUT2D eigenvalue weighted by atomic mass is 10.1. The van der Waals surface area contributed by atoms with Gasteiger partial charge in [0.2, 0.25) is 5.91 Å². The summed E-state index contributed by atoms with van der Waals surface area (Å²) in [6.45, 7) is 10.1. The fourth-order valence-corrected chi connectivity index (χ4v) is 3.53. The van der Waals surface area contributed by atoms with E-state index in [0.29, 0.717) is 29.9 Å². The molecule has 0 saturated heterocycles. The summed E-state index contributed by atoms with van der Waals surface area (Å²) in [7, 11) is 0. The van der Waals surface area contributed by atoms with Gasteiger partial charge in [0, 0.05) is 35.6 Å². The highest BCUT2D eigenvalue weighted by atomic mass is 32.2. The molecule has 5 nitrogen and oxygen atoms in total.